The second-order valence-corrected chi connectivity index (χ2v) is 5.73. The van der Waals surface area contributed by atoms with Gasteiger partial charge in [0.1, 0.15) is 0 Å². The zero-order chi connectivity index (χ0) is 12.1. The van der Waals surface area contributed by atoms with Gasteiger partial charge in [0.05, 0.1) is 6.61 Å². The lowest BCUT2D eigenvalue weighted by Gasteiger charge is -2.37. The maximum Gasteiger partial charge on any atom is 0.0558 e. The summed E-state index contributed by atoms with van der Waals surface area (Å²) in [4.78, 5) is 2.20. The number of nitrogens with zero attached hydrogens (tertiary/aromatic N) is 1. The minimum Gasteiger partial charge on any atom is -0.395 e. The van der Waals surface area contributed by atoms with E-state index in [1.54, 1.807) is 0 Å². The molecular weight excluding hydrogens is 200 g/mol. The fourth-order valence-corrected chi connectivity index (χ4v) is 2.80. The van der Waals surface area contributed by atoms with E-state index in [0.717, 1.165) is 24.9 Å². The predicted octanol–water partition coefficient (Wildman–Crippen LogP) is 1.31. The van der Waals surface area contributed by atoms with E-state index < -0.39 is 0 Å². The molecule has 0 saturated heterocycles. The van der Waals surface area contributed by atoms with Crippen molar-refractivity contribution in [1.29, 1.82) is 0 Å². The van der Waals surface area contributed by atoms with Gasteiger partial charge in [-0.2, -0.15) is 0 Å². The minimum atomic E-state index is 0.242. The normalized spacial score (nSPS) is 31.3. The van der Waals surface area contributed by atoms with Crippen molar-refractivity contribution in [2.75, 3.05) is 26.7 Å². The molecule has 3 nitrogen and oxygen atoms in total. The van der Waals surface area contributed by atoms with Gasteiger partial charge in [-0.1, -0.05) is 13.8 Å². The van der Waals surface area contributed by atoms with Gasteiger partial charge in [-0.3, -0.25) is 0 Å². The fourth-order valence-electron chi connectivity index (χ4n) is 2.80. The van der Waals surface area contributed by atoms with E-state index in [9.17, 15) is 0 Å². The van der Waals surface area contributed by atoms with E-state index in [-0.39, 0.29) is 6.61 Å². The average Bonchev–Trinajstić information content (AvgIpc) is 2.21. The van der Waals surface area contributed by atoms with Crippen LogP contribution in [0.25, 0.3) is 0 Å². The smallest absolute Gasteiger partial charge is 0.0558 e. The van der Waals surface area contributed by atoms with Crippen LogP contribution in [-0.4, -0.2) is 42.8 Å². The highest BCUT2D eigenvalue weighted by Gasteiger charge is 2.30. The largest absolute Gasteiger partial charge is 0.395 e. The Kier molecular flexibility index (Phi) is 5.73. The molecule has 3 N–H and O–H groups in total. The lowest BCUT2D eigenvalue weighted by molar-refractivity contribution is 0.136. The molecule has 0 aliphatic heterocycles. The molecule has 1 rings (SSSR count). The van der Waals surface area contributed by atoms with Crippen LogP contribution in [0.4, 0.5) is 0 Å². The van der Waals surface area contributed by atoms with E-state index >= 15 is 0 Å². The van der Waals surface area contributed by atoms with Gasteiger partial charge in [-0.05, 0) is 44.1 Å². The summed E-state index contributed by atoms with van der Waals surface area (Å²) in [6.07, 6.45) is 3.72. The SMILES string of the molecule is CC(C)C1CCC(N)C(CN(C)CCO)C1. The molecule has 16 heavy (non-hydrogen) atoms. The minimum absolute atomic E-state index is 0.242. The second kappa shape index (κ2) is 6.58. The molecule has 0 radical (unpaired) electrons. The number of aliphatic hydroxyl groups excluding tert-OH is 1. The van der Waals surface area contributed by atoms with Gasteiger partial charge in [0.15, 0.2) is 0 Å². The third kappa shape index (κ3) is 4.04. The van der Waals surface area contributed by atoms with Gasteiger partial charge in [0.25, 0.3) is 0 Å². The first-order valence-corrected chi connectivity index (χ1v) is 6.59. The Morgan fingerprint density at radius 1 is 1.38 bits per heavy atom. The average molecular weight is 228 g/mol. The Morgan fingerprint density at radius 2 is 2.06 bits per heavy atom. The fraction of sp³-hybridized carbons (Fsp3) is 1.00. The molecule has 3 unspecified atom stereocenters. The first-order chi connectivity index (χ1) is 7.54. The molecule has 3 atom stereocenters. The Hall–Kier alpha value is -0.120. The van der Waals surface area contributed by atoms with E-state index in [4.69, 9.17) is 10.8 Å². The summed E-state index contributed by atoms with van der Waals surface area (Å²) in [5.41, 5.74) is 6.20. The molecule has 3 heteroatoms. The summed E-state index contributed by atoms with van der Waals surface area (Å²) in [6, 6.07) is 0.358. The summed E-state index contributed by atoms with van der Waals surface area (Å²) in [6.45, 7) is 6.67. The predicted molar refractivity (Wildman–Crippen MR) is 68.2 cm³/mol. The van der Waals surface area contributed by atoms with Crippen LogP contribution in [0.2, 0.25) is 0 Å². The van der Waals surface area contributed by atoms with Crippen LogP contribution < -0.4 is 5.73 Å². The third-order valence-corrected chi connectivity index (χ3v) is 4.05. The summed E-state index contributed by atoms with van der Waals surface area (Å²) in [5.74, 6) is 2.23. The van der Waals surface area contributed by atoms with Crippen molar-refractivity contribution in [2.45, 2.75) is 39.2 Å². The van der Waals surface area contributed by atoms with E-state index in [1.165, 1.54) is 19.3 Å². The van der Waals surface area contributed by atoms with Crippen LogP contribution >= 0.6 is 0 Å². The number of hydrogen-bond acceptors (Lipinski definition) is 3. The first kappa shape index (κ1) is 13.9. The third-order valence-electron chi connectivity index (χ3n) is 4.05. The van der Waals surface area contributed by atoms with Gasteiger partial charge in [-0.25, -0.2) is 0 Å². The standard InChI is InChI=1S/C13H28N2O/c1-10(2)11-4-5-13(14)12(8-11)9-15(3)6-7-16/h10-13,16H,4-9,14H2,1-3H3. The molecule has 0 aromatic rings. The van der Waals surface area contributed by atoms with Crippen molar-refractivity contribution >= 4 is 0 Å². The molecule has 1 fully saturated rings. The zero-order valence-electron chi connectivity index (χ0n) is 11.0. The second-order valence-electron chi connectivity index (χ2n) is 5.73. The monoisotopic (exact) mass is 228 g/mol. The van der Waals surface area contributed by atoms with E-state index in [2.05, 4.69) is 25.8 Å². The van der Waals surface area contributed by atoms with E-state index in [0.29, 0.717) is 12.0 Å². The summed E-state index contributed by atoms with van der Waals surface area (Å²) < 4.78 is 0. The molecule has 1 aliphatic rings. The highest BCUT2D eigenvalue weighted by molar-refractivity contribution is 4.85. The maximum absolute atomic E-state index is 8.90. The van der Waals surface area contributed by atoms with Crippen molar-refractivity contribution < 1.29 is 5.11 Å². The Balaban J connectivity index is 2.43. The molecule has 0 bridgehead atoms. The van der Waals surface area contributed by atoms with Crippen molar-refractivity contribution in [3.8, 4) is 0 Å². The van der Waals surface area contributed by atoms with Crippen LogP contribution in [-0.2, 0) is 0 Å². The number of rotatable bonds is 5. The molecule has 1 saturated carbocycles. The molecule has 0 aromatic heterocycles. The van der Waals surface area contributed by atoms with Crippen LogP contribution in [0.1, 0.15) is 33.1 Å². The van der Waals surface area contributed by atoms with Crippen LogP contribution in [0, 0.1) is 17.8 Å². The topological polar surface area (TPSA) is 49.5 Å². The highest BCUT2D eigenvalue weighted by atomic mass is 16.3. The molecule has 1 aliphatic carbocycles. The summed E-state index contributed by atoms with van der Waals surface area (Å²) in [5, 5.41) is 8.90. The number of hydrogen-bond donors (Lipinski definition) is 2. The lowest BCUT2D eigenvalue weighted by atomic mass is 9.74. The lowest BCUT2D eigenvalue weighted by Crippen LogP contribution is -2.43. The highest BCUT2D eigenvalue weighted by Crippen LogP contribution is 2.33. The molecule has 96 valence electrons. The van der Waals surface area contributed by atoms with Crippen molar-refractivity contribution in [1.82, 2.24) is 4.90 Å². The van der Waals surface area contributed by atoms with E-state index in [1.807, 2.05) is 0 Å². The van der Waals surface area contributed by atoms with Gasteiger partial charge < -0.3 is 15.7 Å². The number of aliphatic hydroxyl groups is 1. The first-order valence-electron chi connectivity index (χ1n) is 6.59. The van der Waals surface area contributed by atoms with Gasteiger partial charge in [-0.15, -0.1) is 0 Å². The van der Waals surface area contributed by atoms with Crippen molar-refractivity contribution in [3.05, 3.63) is 0 Å². The Labute approximate surface area is 100 Å². The van der Waals surface area contributed by atoms with Gasteiger partial charge in [0, 0.05) is 19.1 Å². The van der Waals surface area contributed by atoms with Crippen LogP contribution in [0.3, 0.4) is 0 Å². The summed E-state index contributed by atoms with van der Waals surface area (Å²) in [7, 11) is 2.07. The molecule has 0 heterocycles. The quantitative estimate of drug-likeness (QED) is 0.746. The maximum atomic E-state index is 8.90. The Bertz CT molecular complexity index is 196. The molecular formula is C13H28N2O. The van der Waals surface area contributed by atoms with Crippen LogP contribution in [0.5, 0.6) is 0 Å². The van der Waals surface area contributed by atoms with Crippen LogP contribution in [0.15, 0.2) is 0 Å². The number of likely N-dealkylation sites (N-methyl/N-ethyl adjacent to an activating group) is 1. The van der Waals surface area contributed by atoms with Gasteiger partial charge >= 0.3 is 0 Å². The molecule has 0 aromatic carbocycles. The number of nitrogens with two attached hydrogens (primary N) is 1. The van der Waals surface area contributed by atoms with Crippen molar-refractivity contribution in [2.24, 2.45) is 23.5 Å². The molecule has 0 spiro atoms. The van der Waals surface area contributed by atoms with Gasteiger partial charge in [0.2, 0.25) is 0 Å². The van der Waals surface area contributed by atoms with Crippen molar-refractivity contribution in [3.63, 3.8) is 0 Å². The zero-order valence-corrected chi connectivity index (χ0v) is 11.0. The molecule has 0 amide bonds. The summed E-state index contributed by atoms with van der Waals surface area (Å²) >= 11 is 0. The Morgan fingerprint density at radius 3 is 2.62 bits per heavy atom.